The predicted molar refractivity (Wildman–Crippen MR) is 89.4 cm³/mol. The molecule has 1 saturated carbocycles. The van der Waals surface area contributed by atoms with Crippen LogP contribution in [0.4, 0.5) is 5.69 Å². The minimum atomic E-state index is 0.312. The van der Waals surface area contributed by atoms with Gasteiger partial charge in [-0.05, 0) is 40.9 Å². The van der Waals surface area contributed by atoms with Gasteiger partial charge >= 0.3 is 0 Å². The molecule has 0 aromatic heterocycles. The molecule has 4 nitrogen and oxygen atoms in total. The Morgan fingerprint density at radius 1 is 1.20 bits per heavy atom. The fraction of sp³-hybridized carbons (Fsp3) is 0.462. The van der Waals surface area contributed by atoms with E-state index in [9.17, 15) is 0 Å². The van der Waals surface area contributed by atoms with Gasteiger partial charge in [0.15, 0.2) is 0 Å². The highest BCUT2D eigenvalue weighted by atomic mass is 79.9. The molecule has 1 aromatic carbocycles. The van der Waals surface area contributed by atoms with Crippen LogP contribution in [-0.4, -0.2) is 12.0 Å². The van der Waals surface area contributed by atoms with Crippen molar-refractivity contribution in [1.82, 2.24) is 5.43 Å². The van der Waals surface area contributed by atoms with Crippen molar-refractivity contribution in [3.05, 3.63) is 26.7 Å². The number of halogens is 3. The Morgan fingerprint density at radius 3 is 2.55 bits per heavy atom. The number of nitrogens with two attached hydrogens (primary N) is 1. The van der Waals surface area contributed by atoms with Crippen molar-refractivity contribution >= 4 is 50.8 Å². The van der Waals surface area contributed by atoms with Gasteiger partial charge in [0.05, 0.1) is 21.8 Å². The first-order valence-corrected chi connectivity index (χ1v) is 8.11. The van der Waals surface area contributed by atoms with Crippen molar-refractivity contribution in [2.45, 2.75) is 38.1 Å². The molecule has 20 heavy (non-hydrogen) atoms. The maximum Gasteiger partial charge on any atom is 0.210 e. The normalized spacial score (nSPS) is 17.1. The van der Waals surface area contributed by atoms with E-state index in [4.69, 9.17) is 29.0 Å². The van der Waals surface area contributed by atoms with Gasteiger partial charge in [0.25, 0.3) is 0 Å². The Bertz CT molecular complexity index is 501. The zero-order valence-corrected chi connectivity index (χ0v) is 14.0. The Balaban J connectivity index is 2.13. The maximum atomic E-state index is 6.19. The zero-order valence-electron chi connectivity index (χ0n) is 10.9. The summed E-state index contributed by atoms with van der Waals surface area (Å²) in [6, 6.07) is 3.96. The van der Waals surface area contributed by atoms with Crippen molar-refractivity contribution in [1.29, 1.82) is 0 Å². The number of guanidine groups is 1. The van der Waals surface area contributed by atoms with Crippen LogP contribution in [-0.2, 0) is 0 Å². The first-order chi connectivity index (χ1) is 9.61. The smallest absolute Gasteiger partial charge is 0.210 e. The van der Waals surface area contributed by atoms with Crippen molar-refractivity contribution < 1.29 is 0 Å². The molecule has 1 aliphatic carbocycles. The molecule has 0 spiro atoms. The minimum absolute atomic E-state index is 0.312. The van der Waals surface area contributed by atoms with Crippen molar-refractivity contribution in [3.8, 4) is 0 Å². The van der Waals surface area contributed by atoms with Crippen LogP contribution in [0.3, 0.4) is 0 Å². The Kier molecular flexibility index (Phi) is 5.96. The van der Waals surface area contributed by atoms with Gasteiger partial charge in [-0.1, -0.05) is 42.5 Å². The van der Waals surface area contributed by atoms with Gasteiger partial charge in [-0.25, -0.2) is 10.8 Å². The summed E-state index contributed by atoms with van der Waals surface area (Å²) in [4.78, 5) is 4.60. The summed E-state index contributed by atoms with van der Waals surface area (Å²) < 4.78 is 0.751. The molecule has 0 radical (unpaired) electrons. The van der Waals surface area contributed by atoms with E-state index in [1.807, 2.05) is 12.1 Å². The fourth-order valence-electron chi connectivity index (χ4n) is 2.25. The molecule has 4 N–H and O–H groups in total. The Labute approximate surface area is 137 Å². The van der Waals surface area contributed by atoms with Gasteiger partial charge in [0.1, 0.15) is 0 Å². The predicted octanol–water partition coefficient (Wildman–Crippen LogP) is 4.32. The van der Waals surface area contributed by atoms with E-state index in [1.165, 1.54) is 19.3 Å². The average molecular weight is 380 g/mol. The monoisotopic (exact) mass is 378 g/mol. The summed E-state index contributed by atoms with van der Waals surface area (Å²) in [5.41, 5.74) is 3.26. The highest BCUT2D eigenvalue weighted by molar-refractivity contribution is 9.10. The van der Waals surface area contributed by atoms with Crippen LogP contribution in [0.25, 0.3) is 0 Å². The number of rotatable bonds is 2. The molecule has 0 unspecified atom stereocenters. The SMILES string of the molecule is NNC(=NC1CCCCC1)Nc1ccc(Br)c(Cl)c1Cl. The van der Waals surface area contributed by atoms with Gasteiger partial charge in [-0.2, -0.15) is 0 Å². The first kappa shape index (κ1) is 15.9. The van der Waals surface area contributed by atoms with Crippen LogP contribution in [0.15, 0.2) is 21.6 Å². The van der Waals surface area contributed by atoms with Gasteiger partial charge in [0.2, 0.25) is 5.96 Å². The average Bonchev–Trinajstić information content (AvgIpc) is 2.48. The molecule has 0 saturated heterocycles. The van der Waals surface area contributed by atoms with Crippen LogP contribution in [0.1, 0.15) is 32.1 Å². The van der Waals surface area contributed by atoms with Crippen LogP contribution in [0, 0.1) is 0 Å². The van der Waals surface area contributed by atoms with E-state index in [0.717, 1.165) is 17.3 Å². The summed E-state index contributed by atoms with van der Waals surface area (Å²) >= 11 is 15.6. The first-order valence-electron chi connectivity index (χ1n) is 6.56. The lowest BCUT2D eigenvalue weighted by molar-refractivity contribution is 0.442. The highest BCUT2D eigenvalue weighted by Gasteiger charge is 2.14. The minimum Gasteiger partial charge on any atom is -0.324 e. The van der Waals surface area contributed by atoms with Crippen LogP contribution >= 0.6 is 39.1 Å². The molecular weight excluding hydrogens is 363 g/mol. The van der Waals surface area contributed by atoms with Gasteiger partial charge in [-0.3, -0.25) is 5.43 Å². The van der Waals surface area contributed by atoms with E-state index in [-0.39, 0.29) is 0 Å². The van der Waals surface area contributed by atoms with E-state index >= 15 is 0 Å². The number of benzene rings is 1. The molecule has 110 valence electrons. The number of hydrazine groups is 1. The summed E-state index contributed by atoms with van der Waals surface area (Å²) in [6.07, 6.45) is 5.93. The lowest BCUT2D eigenvalue weighted by atomic mass is 9.96. The third-order valence-electron chi connectivity index (χ3n) is 3.31. The molecule has 0 atom stereocenters. The second-order valence-electron chi connectivity index (χ2n) is 4.76. The molecule has 7 heteroatoms. The standard InChI is InChI=1S/C13H17BrCl2N4/c14-9-6-7-10(12(16)11(9)15)19-13(20-17)18-8-4-2-1-3-5-8/h6-8H,1-5,17H2,(H2,18,19,20). The third kappa shape index (κ3) is 4.01. The molecule has 1 fully saturated rings. The summed E-state index contributed by atoms with van der Waals surface area (Å²) in [5, 5.41) is 3.99. The summed E-state index contributed by atoms with van der Waals surface area (Å²) in [6.45, 7) is 0. The number of hydrogen-bond acceptors (Lipinski definition) is 2. The van der Waals surface area contributed by atoms with Gasteiger partial charge < -0.3 is 5.32 Å². The number of nitrogens with zero attached hydrogens (tertiary/aromatic N) is 1. The molecule has 0 aliphatic heterocycles. The lowest BCUT2D eigenvalue weighted by Crippen LogP contribution is -2.37. The molecule has 1 aliphatic rings. The molecule has 1 aromatic rings. The second-order valence-corrected chi connectivity index (χ2v) is 6.37. The zero-order chi connectivity index (χ0) is 14.5. The van der Waals surface area contributed by atoms with E-state index in [0.29, 0.717) is 27.7 Å². The van der Waals surface area contributed by atoms with Crippen molar-refractivity contribution in [2.75, 3.05) is 5.32 Å². The molecule has 2 rings (SSSR count). The molecule has 0 amide bonds. The Morgan fingerprint density at radius 2 is 1.90 bits per heavy atom. The summed E-state index contributed by atoms with van der Waals surface area (Å²) in [5.74, 6) is 6.04. The second kappa shape index (κ2) is 7.50. The van der Waals surface area contributed by atoms with Crippen LogP contribution < -0.4 is 16.6 Å². The largest absolute Gasteiger partial charge is 0.324 e. The van der Waals surface area contributed by atoms with Crippen LogP contribution in [0.2, 0.25) is 10.0 Å². The number of hydrogen-bond donors (Lipinski definition) is 3. The summed E-state index contributed by atoms with van der Waals surface area (Å²) in [7, 11) is 0. The Hall–Kier alpha value is -0.490. The van der Waals surface area contributed by atoms with Crippen molar-refractivity contribution in [3.63, 3.8) is 0 Å². The van der Waals surface area contributed by atoms with E-state index < -0.39 is 0 Å². The molecular formula is C13H17BrCl2N4. The molecule has 0 bridgehead atoms. The van der Waals surface area contributed by atoms with E-state index in [1.54, 1.807) is 0 Å². The fourth-order valence-corrected chi connectivity index (χ4v) is 3.07. The maximum absolute atomic E-state index is 6.19. The van der Waals surface area contributed by atoms with E-state index in [2.05, 4.69) is 31.7 Å². The van der Waals surface area contributed by atoms with Crippen LogP contribution in [0.5, 0.6) is 0 Å². The van der Waals surface area contributed by atoms with Gasteiger partial charge in [0, 0.05) is 4.47 Å². The third-order valence-corrected chi connectivity index (χ3v) is 5.08. The number of anilines is 1. The number of aliphatic imine (C=N–C) groups is 1. The van der Waals surface area contributed by atoms with Crippen molar-refractivity contribution in [2.24, 2.45) is 10.8 Å². The lowest BCUT2D eigenvalue weighted by Gasteiger charge is -2.20. The quantitative estimate of drug-likeness (QED) is 0.236. The number of nitrogens with one attached hydrogen (secondary N) is 2. The van der Waals surface area contributed by atoms with Gasteiger partial charge in [-0.15, -0.1) is 0 Å². The topological polar surface area (TPSA) is 62.4 Å². The molecule has 0 heterocycles. The highest BCUT2D eigenvalue weighted by Crippen LogP contribution is 2.35.